The number of carbonyl (C=O) groups excluding carboxylic acids is 2. The van der Waals surface area contributed by atoms with Crippen LogP contribution >= 0.6 is 0 Å². The molecule has 138 valence electrons. The highest BCUT2D eigenvalue weighted by molar-refractivity contribution is 5.83. The smallest absolute Gasteiger partial charge is 0.416 e. The molecule has 0 aliphatic carbocycles. The lowest BCUT2D eigenvalue weighted by Gasteiger charge is -2.10. The number of nitrogens with one attached hydrogen (secondary N) is 2. The van der Waals surface area contributed by atoms with E-state index in [2.05, 4.69) is 10.9 Å². The molecule has 2 aromatic rings. The normalized spacial score (nSPS) is 10.9. The fraction of sp³-hybridized carbons (Fsp3) is 0.176. The van der Waals surface area contributed by atoms with E-state index >= 15 is 0 Å². The molecule has 2 rings (SSSR count). The van der Waals surface area contributed by atoms with Gasteiger partial charge >= 0.3 is 6.18 Å². The van der Waals surface area contributed by atoms with Gasteiger partial charge in [-0.3, -0.25) is 20.4 Å². The first-order valence-corrected chi connectivity index (χ1v) is 7.36. The zero-order valence-electron chi connectivity index (χ0n) is 13.3. The van der Waals surface area contributed by atoms with Gasteiger partial charge in [0.05, 0.1) is 12.0 Å². The van der Waals surface area contributed by atoms with Crippen LogP contribution in [0, 0.1) is 5.82 Å². The monoisotopic (exact) mass is 370 g/mol. The molecule has 2 amide bonds. The van der Waals surface area contributed by atoms with E-state index in [9.17, 15) is 27.2 Å². The summed E-state index contributed by atoms with van der Waals surface area (Å²) in [5, 5.41) is 0. The van der Waals surface area contributed by atoms with Crippen LogP contribution < -0.4 is 15.6 Å². The minimum Gasteiger partial charge on any atom is -0.484 e. The Morgan fingerprint density at radius 2 is 1.62 bits per heavy atom. The zero-order chi connectivity index (χ0) is 19.2. The highest BCUT2D eigenvalue weighted by atomic mass is 19.4. The molecule has 0 aliphatic heterocycles. The Morgan fingerprint density at radius 1 is 0.962 bits per heavy atom. The van der Waals surface area contributed by atoms with Crippen LogP contribution in [0.5, 0.6) is 5.75 Å². The maximum atomic E-state index is 12.7. The Balaban J connectivity index is 1.77. The second kappa shape index (κ2) is 8.32. The quantitative estimate of drug-likeness (QED) is 0.628. The number of halogens is 4. The second-order valence-corrected chi connectivity index (χ2v) is 5.21. The third-order valence-electron chi connectivity index (χ3n) is 3.14. The molecule has 2 aromatic carbocycles. The minimum atomic E-state index is -4.50. The van der Waals surface area contributed by atoms with E-state index in [-0.39, 0.29) is 17.7 Å². The van der Waals surface area contributed by atoms with Gasteiger partial charge in [-0.1, -0.05) is 18.2 Å². The van der Waals surface area contributed by atoms with Crippen LogP contribution in [0.1, 0.15) is 11.1 Å². The fourth-order valence-electron chi connectivity index (χ4n) is 1.94. The largest absolute Gasteiger partial charge is 0.484 e. The van der Waals surface area contributed by atoms with Crippen molar-refractivity contribution in [2.75, 3.05) is 6.61 Å². The average Bonchev–Trinajstić information content (AvgIpc) is 2.59. The maximum absolute atomic E-state index is 12.7. The molecule has 2 N–H and O–H groups in total. The predicted octanol–water partition coefficient (Wildman–Crippen LogP) is 2.61. The van der Waals surface area contributed by atoms with Gasteiger partial charge in [0, 0.05) is 0 Å². The number of amides is 2. The predicted molar refractivity (Wildman–Crippen MR) is 83.3 cm³/mol. The van der Waals surface area contributed by atoms with Crippen molar-refractivity contribution in [2.24, 2.45) is 0 Å². The number of hydrogen-bond acceptors (Lipinski definition) is 3. The van der Waals surface area contributed by atoms with Gasteiger partial charge in [0.2, 0.25) is 5.91 Å². The summed E-state index contributed by atoms with van der Waals surface area (Å²) in [6.45, 7) is -0.435. The SMILES string of the molecule is O=C(COc1ccc(F)cc1)NNC(=O)Cc1cccc(C(F)(F)F)c1. The summed E-state index contributed by atoms with van der Waals surface area (Å²) in [5.74, 6) is -1.58. The molecule has 0 aliphatic rings. The van der Waals surface area contributed by atoms with Gasteiger partial charge in [0.25, 0.3) is 5.91 Å². The summed E-state index contributed by atoms with van der Waals surface area (Å²) in [4.78, 5) is 23.3. The molecule has 0 saturated heterocycles. The third kappa shape index (κ3) is 6.08. The van der Waals surface area contributed by atoms with Crippen molar-refractivity contribution in [3.8, 4) is 5.75 Å². The van der Waals surface area contributed by atoms with Gasteiger partial charge in [-0.15, -0.1) is 0 Å². The van der Waals surface area contributed by atoms with Crippen molar-refractivity contribution >= 4 is 11.8 Å². The Morgan fingerprint density at radius 3 is 2.27 bits per heavy atom. The highest BCUT2D eigenvalue weighted by Crippen LogP contribution is 2.29. The Labute approximate surface area is 145 Å². The van der Waals surface area contributed by atoms with Crippen molar-refractivity contribution < 1.29 is 31.9 Å². The minimum absolute atomic E-state index is 0.147. The summed E-state index contributed by atoms with van der Waals surface area (Å²) in [5.41, 5.74) is 3.43. The number of hydrazine groups is 1. The van der Waals surface area contributed by atoms with Gasteiger partial charge < -0.3 is 4.74 Å². The van der Waals surface area contributed by atoms with Crippen LogP contribution in [0.4, 0.5) is 17.6 Å². The molecule has 0 saturated carbocycles. The summed E-state index contributed by atoms with van der Waals surface area (Å²) in [7, 11) is 0. The summed E-state index contributed by atoms with van der Waals surface area (Å²) < 4.78 is 55.6. The molecule has 0 spiro atoms. The van der Waals surface area contributed by atoms with Crippen LogP contribution in [-0.2, 0) is 22.2 Å². The Hall–Kier alpha value is -3.10. The number of hydrogen-bond donors (Lipinski definition) is 2. The van der Waals surface area contributed by atoms with E-state index < -0.39 is 36.0 Å². The van der Waals surface area contributed by atoms with Crippen LogP contribution in [0.2, 0.25) is 0 Å². The summed E-state index contributed by atoms with van der Waals surface area (Å²) in [6, 6.07) is 9.29. The number of rotatable bonds is 5. The van der Waals surface area contributed by atoms with Crippen LogP contribution in [0.3, 0.4) is 0 Å². The average molecular weight is 370 g/mol. The van der Waals surface area contributed by atoms with Crippen LogP contribution in [-0.4, -0.2) is 18.4 Å². The molecule has 0 atom stereocenters. The van der Waals surface area contributed by atoms with E-state index in [4.69, 9.17) is 4.74 Å². The molecule has 0 radical (unpaired) electrons. The molecule has 26 heavy (non-hydrogen) atoms. The number of alkyl halides is 3. The third-order valence-corrected chi connectivity index (χ3v) is 3.14. The molecular formula is C17H14F4N2O3. The number of carbonyl (C=O) groups is 2. The van der Waals surface area contributed by atoms with Crippen molar-refractivity contribution in [3.63, 3.8) is 0 Å². The molecule has 0 fully saturated rings. The Kier molecular flexibility index (Phi) is 6.16. The lowest BCUT2D eigenvalue weighted by atomic mass is 10.1. The van der Waals surface area contributed by atoms with E-state index in [0.717, 1.165) is 24.3 Å². The van der Waals surface area contributed by atoms with Crippen molar-refractivity contribution in [1.82, 2.24) is 10.9 Å². The lowest BCUT2D eigenvalue weighted by Crippen LogP contribution is -2.44. The summed E-state index contributed by atoms with van der Waals surface area (Å²) in [6.07, 6.45) is -4.85. The first kappa shape index (κ1) is 19.2. The van der Waals surface area contributed by atoms with Crippen LogP contribution in [0.15, 0.2) is 48.5 Å². The molecule has 0 bridgehead atoms. The van der Waals surface area contributed by atoms with Crippen LogP contribution in [0.25, 0.3) is 0 Å². The topological polar surface area (TPSA) is 67.4 Å². The molecule has 9 heteroatoms. The van der Waals surface area contributed by atoms with E-state index in [1.54, 1.807) is 0 Å². The fourth-order valence-corrected chi connectivity index (χ4v) is 1.94. The first-order chi connectivity index (χ1) is 12.2. The van der Waals surface area contributed by atoms with E-state index in [1.807, 2.05) is 0 Å². The standard InChI is InChI=1S/C17H14F4N2O3/c18-13-4-6-14(7-5-13)26-10-16(25)23-22-15(24)9-11-2-1-3-12(8-11)17(19,20)21/h1-8H,9-10H2,(H,22,24)(H,23,25). The second-order valence-electron chi connectivity index (χ2n) is 5.21. The van der Waals surface area contributed by atoms with Gasteiger partial charge in [0.15, 0.2) is 6.61 Å². The van der Waals surface area contributed by atoms with Gasteiger partial charge in [-0.05, 0) is 35.9 Å². The van der Waals surface area contributed by atoms with Crippen molar-refractivity contribution in [2.45, 2.75) is 12.6 Å². The van der Waals surface area contributed by atoms with E-state index in [0.29, 0.717) is 0 Å². The van der Waals surface area contributed by atoms with Crippen molar-refractivity contribution in [3.05, 3.63) is 65.5 Å². The molecule has 0 heterocycles. The highest BCUT2D eigenvalue weighted by Gasteiger charge is 2.30. The molecule has 0 unspecified atom stereocenters. The molecular weight excluding hydrogens is 356 g/mol. The van der Waals surface area contributed by atoms with Gasteiger partial charge in [-0.2, -0.15) is 13.2 Å². The lowest BCUT2D eigenvalue weighted by molar-refractivity contribution is -0.137. The van der Waals surface area contributed by atoms with Crippen molar-refractivity contribution in [1.29, 1.82) is 0 Å². The van der Waals surface area contributed by atoms with Gasteiger partial charge in [0.1, 0.15) is 11.6 Å². The van der Waals surface area contributed by atoms with Gasteiger partial charge in [-0.25, -0.2) is 4.39 Å². The first-order valence-electron chi connectivity index (χ1n) is 7.36. The summed E-state index contributed by atoms with van der Waals surface area (Å²) >= 11 is 0. The zero-order valence-corrected chi connectivity index (χ0v) is 13.3. The van der Waals surface area contributed by atoms with E-state index in [1.165, 1.54) is 24.3 Å². The number of benzene rings is 2. The molecule has 5 nitrogen and oxygen atoms in total. The maximum Gasteiger partial charge on any atom is 0.416 e. The Bertz CT molecular complexity index is 776. The molecule has 0 aromatic heterocycles. The number of ether oxygens (including phenoxy) is 1.